The third-order valence-corrected chi connectivity index (χ3v) is 4.90. The van der Waals surface area contributed by atoms with Gasteiger partial charge in [-0.1, -0.05) is 24.3 Å². The summed E-state index contributed by atoms with van der Waals surface area (Å²) in [5.41, 5.74) is 2.71. The van der Waals surface area contributed by atoms with Crippen LogP contribution in [-0.4, -0.2) is 22.3 Å². The van der Waals surface area contributed by atoms with Gasteiger partial charge in [-0.3, -0.25) is 9.78 Å². The summed E-state index contributed by atoms with van der Waals surface area (Å²) in [5.74, 6) is -0.708. The van der Waals surface area contributed by atoms with E-state index < -0.39 is 0 Å². The second kappa shape index (κ2) is 7.27. The van der Waals surface area contributed by atoms with E-state index in [9.17, 15) is 13.6 Å². The monoisotopic (exact) mass is 364 g/mol. The molecule has 0 spiro atoms. The Morgan fingerprint density at radius 2 is 1.81 bits per heavy atom. The Hall–Kier alpha value is -3.08. The smallest absolute Gasteiger partial charge is 0.255 e. The second-order valence-corrected chi connectivity index (χ2v) is 6.65. The normalized spacial score (nSPS) is 16.5. The molecule has 3 nitrogen and oxygen atoms in total. The lowest BCUT2D eigenvalue weighted by Gasteiger charge is -2.25. The number of amides is 1. The molecule has 0 saturated carbocycles. The van der Waals surface area contributed by atoms with Gasteiger partial charge in [-0.05, 0) is 54.8 Å². The maximum absolute atomic E-state index is 13.4. The summed E-state index contributed by atoms with van der Waals surface area (Å²) in [4.78, 5) is 19.1. The number of hydrogen-bond donors (Lipinski definition) is 0. The maximum Gasteiger partial charge on any atom is 0.255 e. The first kappa shape index (κ1) is 17.3. The van der Waals surface area contributed by atoms with E-state index in [0.717, 1.165) is 18.4 Å². The summed E-state index contributed by atoms with van der Waals surface area (Å²) >= 11 is 0. The third kappa shape index (κ3) is 3.58. The molecule has 4 rings (SSSR count). The molecule has 1 aromatic heterocycles. The summed E-state index contributed by atoms with van der Waals surface area (Å²) in [6.45, 7) is 0.659. The fraction of sp³-hybridized carbons (Fsp3) is 0.182. The Morgan fingerprint density at radius 3 is 2.52 bits per heavy atom. The van der Waals surface area contributed by atoms with Gasteiger partial charge in [-0.2, -0.15) is 0 Å². The number of rotatable bonds is 3. The lowest BCUT2D eigenvalue weighted by atomic mass is 10.0. The summed E-state index contributed by atoms with van der Waals surface area (Å²) in [5, 5.41) is 0. The van der Waals surface area contributed by atoms with Crippen LogP contribution >= 0.6 is 0 Å². The summed E-state index contributed by atoms with van der Waals surface area (Å²) < 4.78 is 26.6. The van der Waals surface area contributed by atoms with Crippen molar-refractivity contribution >= 4 is 5.91 Å². The number of nitrogens with zero attached hydrogens (tertiary/aromatic N) is 2. The van der Waals surface area contributed by atoms with E-state index in [1.54, 1.807) is 36.4 Å². The van der Waals surface area contributed by atoms with Gasteiger partial charge in [0.05, 0.1) is 17.3 Å². The highest BCUT2D eigenvalue weighted by atomic mass is 19.1. The minimum Gasteiger partial charge on any atom is -0.332 e. The number of hydrogen-bond acceptors (Lipinski definition) is 2. The molecular formula is C22H18F2N2O. The van der Waals surface area contributed by atoms with Gasteiger partial charge in [0.2, 0.25) is 0 Å². The fourth-order valence-electron chi connectivity index (χ4n) is 3.55. The van der Waals surface area contributed by atoms with Crippen LogP contribution in [0, 0.1) is 11.6 Å². The average Bonchev–Trinajstić information content (AvgIpc) is 3.18. The topological polar surface area (TPSA) is 33.2 Å². The minimum absolute atomic E-state index is 0.0546. The molecule has 0 bridgehead atoms. The van der Waals surface area contributed by atoms with Crippen LogP contribution in [0.3, 0.4) is 0 Å². The molecule has 0 aliphatic carbocycles. The molecule has 1 atom stereocenters. The Bertz CT molecular complexity index is 955. The molecule has 5 heteroatoms. The zero-order valence-corrected chi connectivity index (χ0v) is 14.6. The van der Waals surface area contributed by atoms with E-state index in [0.29, 0.717) is 23.4 Å². The predicted octanol–water partition coefficient (Wildman–Crippen LogP) is 5.00. The zero-order valence-electron chi connectivity index (χ0n) is 14.6. The predicted molar refractivity (Wildman–Crippen MR) is 99.0 cm³/mol. The van der Waals surface area contributed by atoms with Gasteiger partial charge in [-0.25, -0.2) is 8.78 Å². The van der Waals surface area contributed by atoms with E-state index >= 15 is 0 Å². The van der Waals surface area contributed by atoms with Crippen LogP contribution in [0.15, 0.2) is 66.9 Å². The van der Waals surface area contributed by atoms with Gasteiger partial charge < -0.3 is 4.90 Å². The standard InChI is InChI=1S/C22H18F2N2O/c23-18-9-6-15(7-10-18)21-5-2-12-26(21)22(27)17-8-11-20(25-14-17)16-3-1-4-19(24)13-16/h1,3-4,6-11,13-14,21H,2,5,12H2/t21-/m1/s1. The van der Waals surface area contributed by atoms with Crippen LogP contribution in [0.4, 0.5) is 8.78 Å². The second-order valence-electron chi connectivity index (χ2n) is 6.65. The van der Waals surface area contributed by atoms with E-state index in [-0.39, 0.29) is 23.6 Å². The number of pyridine rings is 1. The average molecular weight is 364 g/mol. The zero-order chi connectivity index (χ0) is 18.8. The largest absolute Gasteiger partial charge is 0.332 e. The van der Waals surface area contributed by atoms with Gasteiger partial charge in [0, 0.05) is 18.3 Å². The molecule has 3 aromatic rings. The van der Waals surface area contributed by atoms with Crippen LogP contribution in [0.1, 0.15) is 34.8 Å². The number of halogens is 2. The molecule has 1 aliphatic rings. The summed E-state index contributed by atoms with van der Waals surface area (Å²) in [7, 11) is 0. The van der Waals surface area contributed by atoms with Gasteiger partial charge in [0.1, 0.15) is 11.6 Å². The maximum atomic E-state index is 13.4. The van der Waals surface area contributed by atoms with Crippen LogP contribution in [-0.2, 0) is 0 Å². The lowest BCUT2D eigenvalue weighted by molar-refractivity contribution is 0.0735. The van der Waals surface area contributed by atoms with E-state index in [1.807, 2.05) is 4.90 Å². The number of aromatic nitrogens is 1. The van der Waals surface area contributed by atoms with Crippen molar-refractivity contribution in [1.29, 1.82) is 0 Å². The Labute approximate surface area is 156 Å². The molecule has 1 saturated heterocycles. The first-order valence-electron chi connectivity index (χ1n) is 8.90. The molecule has 1 aliphatic heterocycles. The van der Waals surface area contributed by atoms with Crippen molar-refractivity contribution in [3.63, 3.8) is 0 Å². The highest BCUT2D eigenvalue weighted by Crippen LogP contribution is 2.33. The van der Waals surface area contributed by atoms with Gasteiger partial charge in [-0.15, -0.1) is 0 Å². The van der Waals surface area contributed by atoms with Crippen LogP contribution in [0.25, 0.3) is 11.3 Å². The van der Waals surface area contributed by atoms with Crippen molar-refractivity contribution in [3.8, 4) is 11.3 Å². The molecule has 2 aromatic carbocycles. The van der Waals surface area contributed by atoms with Gasteiger partial charge in [0.15, 0.2) is 0 Å². The highest BCUT2D eigenvalue weighted by Gasteiger charge is 2.30. The first-order chi connectivity index (χ1) is 13.1. The van der Waals surface area contributed by atoms with Gasteiger partial charge in [0.25, 0.3) is 5.91 Å². The lowest BCUT2D eigenvalue weighted by Crippen LogP contribution is -2.30. The van der Waals surface area contributed by atoms with Gasteiger partial charge >= 0.3 is 0 Å². The molecule has 1 fully saturated rings. The first-order valence-corrected chi connectivity index (χ1v) is 8.90. The fourth-order valence-corrected chi connectivity index (χ4v) is 3.55. The van der Waals surface area contributed by atoms with Crippen molar-refractivity contribution in [3.05, 3.63) is 89.6 Å². The number of likely N-dealkylation sites (tertiary alicyclic amines) is 1. The number of carbonyl (C=O) groups is 1. The van der Waals surface area contributed by atoms with E-state index in [2.05, 4.69) is 4.98 Å². The SMILES string of the molecule is O=C(c1ccc(-c2cccc(F)c2)nc1)N1CCC[C@@H]1c1ccc(F)cc1. The van der Waals surface area contributed by atoms with E-state index in [4.69, 9.17) is 0 Å². The molecule has 0 N–H and O–H groups in total. The molecule has 27 heavy (non-hydrogen) atoms. The van der Waals surface area contributed by atoms with Crippen molar-refractivity contribution in [2.75, 3.05) is 6.54 Å². The van der Waals surface area contributed by atoms with Crippen molar-refractivity contribution in [2.45, 2.75) is 18.9 Å². The van der Waals surface area contributed by atoms with Crippen LogP contribution in [0.2, 0.25) is 0 Å². The van der Waals surface area contributed by atoms with Crippen LogP contribution in [0.5, 0.6) is 0 Å². The third-order valence-electron chi connectivity index (χ3n) is 4.90. The Morgan fingerprint density at radius 1 is 1.00 bits per heavy atom. The van der Waals surface area contributed by atoms with Crippen molar-refractivity contribution in [1.82, 2.24) is 9.88 Å². The molecule has 1 amide bonds. The molecular weight excluding hydrogens is 346 g/mol. The molecule has 136 valence electrons. The number of carbonyl (C=O) groups excluding carboxylic acids is 1. The van der Waals surface area contributed by atoms with E-state index in [1.165, 1.54) is 30.5 Å². The highest BCUT2D eigenvalue weighted by molar-refractivity contribution is 5.94. The Kier molecular flexibility index (Phi) is 4.67. The minimum atomic E-state index is -0.325. The van der Waals surface area contributed by atoms with Crippen LogP contribution < -0.4 is 0 Å². The molecule has 2 heterocycles. The molecule has 0 radical (unpaired) electrons. The summed E-state index contributed by atoms with van der Waals surface area (Å²) in [6, 6.07) is 15.9. The van der Waals surface area contributed by atoms with Crippen molar-refractivity contribution < 1.29 is 13.6 Å². The van der Waals surface area contributed by atoms with Crippen molar-refractivity contribution in [2.24, 2.45) is 0 Å². The Balaban J connectivity index is 1.56. The summed E-state index contributed by atoms with van der Waals surface area (Å²) in [6.07, 6.45) is 3.29. The quantitative estimate of drug-likeness (QED) is 0.655. The number of benzene rings is 2. The molecule has 0 unspecified atom stereocenters.